The van der Waals surface area contributed by atoms with Crippen molar-refractivity contribution in [3.63, 3.8) is 0 Å². The quantitative estimate of drug-likeness (QED) is 0.128. The van der Waals surface area contributed by atoms with Crippen LogP contribution in [-0.2, 0) is 23.7 Å². The van der Waals surface area contributed by atoms with Crippen LogP contribution >= 0.6 is 0 Å². The van der Waals surface area contributed by atoms with Crippen LogP contribution in [0.4, 0.5) is 0 Å². The molecule has 4 aliphatic rings. The summed E-state index contributed by atoms with van der Waals surface area (Å²) in [6.07, 6.45) is 1.96. The van der Waals surface area contributed by atoms with E-state index in [1.165, 1.54) is 19.3 Å². The zero-order chi connectivity index (χ0) is 29.8. The molecule has 3 aliphatic heterocycles. The van der Waals surface area contributed by atoms with Gasteiger partial charge in [-0.15, -0.1) is 6.04 Å². The Morgan fingerprint density at radius 1 is 1.05 bits per heavy atom. The molecule has 0 amide bonds. The van der Waals surface area contributed by atoms with Gasteiger partial charge < -0.3 is 72.4 Å². The molecule has 15 heteroatoms. The van der Waals surface area contributed by atoms with Crippen LogP contribution in [-0.4, -0.2) is 134 Å². The second-order valence-electron chi connectivity index (χ2n) is 11.0. The third-order valence-electron chi connectivity index (χ3n) is 7.96. The van der Waals surface area contributed by atoms with Crippen LogP contribution in [0, 0.1) is 0 Å². The van der Waals surface area contributed by atoms with E-state index in [-0.39, 0.29) is 108 Å². The van der Waals surface area contributed by atoms with Gasteiger partial charge in [-0.25, -0.2) is 0 Å². The first-order chi connectivity index (χ1) is 19.1. The third kappa shape index (κ3) is 12.9. The van der Waals surface area contributed by atoms with Gasteiger partial charge in [0.25, 0.3) is 0 Å². The van der Waals surface area contributed by atoms with E-state index < -0.39 is 30.6 Å². The molecule has 1 saturated carbocycles. The number of methoxy groups -OCH3 is 1. The molecule has 3 saturated heterocycles. The molecule has 1 aliphatic carbocycles. The molecule has 238 valence electrons. The molecule has 0 aromatic rings. The van der Waals surface area contributed by atoms with Gasteiger partial charge >= 0.3 is 58.2 Å². The minimum absolute atomic E-state index is 0. The number of hydrogen-bond acceptors (Lipinski definition) is 13. The number of rotatable bonds is 7. The summed E-state index contributed by atoms with van der Waals surface area (Å²) >= 11 is 0. The minimum Gasteiger partial charge on any atom is -0.675 e. The van der Waals surface area contributed by atoms with Crippen molar-refractivity contribution in [3.8, 4) is 0 Å². The normalized spacial score (nSPS) is 41.6. The van der Waals surface area contributed by atoms with Gasteiger partial charge in [0.1, 0.15) is 18.3 Å². The summed E-state index contributed by atoms with van der Waals surface area (Å²) in [6, 6.07) is -0.833. The molecule has 41 heavy (non-hydrogen) atoms. The second kappa shape index (κ2) is 21.1. The maximum absolute atomic E-state index is 9.28. The van der Waals surface area contributed by atoms with Crippen molar-refractivity contribution < 1.29 is 102 Å². The van der Waals surface area contributed by atoms with Crippen molar-refractivity contribution in [2.45, 2.75) is 131 Å². The topological polar surface area (TPSA) is 241 Å². The zero-order valence-corrected chi connectivity index (χ0v) is 30.1. The van der Waals surface area contributed by atoms with E-state index >= 15 is 0 Å². The molecule has 14 nitrogen and oxygen atoms in total. The first kappa shape index (κ1) is 40.3. The van der Waals surface area contributed by atoms with Gasteiger partial charge in [-0.2, -0.15) is 0 Å². The number of nitrogens with two attached hydrogens (primary N) is 3. The monoisotopic (exact) mass is 665 g/mol. The van der Waals surface area contributed by atoms with Crippen molar-refractivity contribution in [1.82, 2.24) is 5.32 Å². The van der Waals surface area contributed by atoms with E-state index in [0.29, 0.717) is 25.0 Å². The van der Waals surface area contributed by atoms with Gasteiger partial charge in [-0.1, -0.05) is 6.42 Å². The zero-order valence-electron chi connectivity index (χ0n) is 25.1. The van der Waals surface area contributed by atoms with Crippen molar-refractivity contribution in [2.24, 2.45) is 17.2 Å². The van der Waals surface area contributed by atoms with E-state index in [9.17, 15) is 10.2 Å². The molecule has 0 aromatic heterocycles. The summed E-state index contributed by atoms with van der Waals surface area (Å²) in [7, 11) is 3.61. The second-order valence-corrected chi connectivity index (χ2v) is 11.0. The smallest absolute Gasteiger partial charge is 0.675 e. The summed E-state index contributed by atoms with van der Waals surface area (Å²) < 4.78 is 27.2. The molecule has 4 rings (SSSR count). The van der Waals surface area contributed by atoms with Gasteiger partial charge in [0, 0.05) is 38.8 Å². The molecular formula is C26H54N5O9Rb. The van der Waals surface area contributed by atoms with Crippen molar-refractivity contribution >= 4 is 0 Å². The standard InChI is InChI=1S/C12H23N2O4.C8H17NO.C6H14N2O4.Rb/c1-16-12-9(14)4-7(13)5-10(12)18-11-3-2-8(6-15)17-11;1-7(9-2)8-5-3-4-6-10-8;7-1-2-4(9)5(10)3(8)6(11)12-2;/h7-13,15H,2-6,14H2,1H3;7-9H,3-6H2,1-2H3;2-6,9-11H,1,7-8H2;/q-1;;;+1/t7?,8?,9?,10?,11?,12-;;2-,3+,4+,5?,6-;/m1.0./s1. The number of hydrogen-bond donors (Lipinski definition) is 8. The summed E-state index contributed by atoms with van der Waals surface area (Å²) in [5.41, 5.74) is 24.4. The van der Waals surface area contributed by atoms with E-state index in [2.05, 4.69) is 12.2 Å². The minimum atomic E-state index is -1.27. The Bertz CT molecular complexity index is 683. The fraction of sp³-hybridized carbons (Fsp3) is 1.00. The van der Waals surface area contributed by atoms with E-state index in [1.54, 1.807) is 7.11 Å². The Kier molecular flexibility index (Phi) is 20.7. The number of likely N-dealkylation sites (N-methyl/N-ethyl adjacent to an activating group) is 1. The van der Waals surface area contributed by atoms with Crippen LogP contribution in [0.15, 0.2) is 0 Å². The van der Waals surface area contributed by atoms with Crippen LogP contribution in [0.25, 0.3) is 5.73 Å². The Morgan fingerprint density at radius 2 is 1.76 bits per heavy atom. The maximum atomic E-state index is 9.28. The summed E-state index contributed by atoms with van der Waals surface area (Å²) in [5, 5.41) is 39.8. The average molecular weight is 666 g/mol. The van der Waals surface area contributed by atoms with Gasteiger partial charge in [0.2, 0.25) is 0 Å². The fourth-order valence-electron chi connectivity index (χ4n) is 5.32. The number of aliphatic hydroxyl groups is 4. The van der Waals surface area contributed by atoms with Crippen molar-refractivity contribution in [1.29, 1.82) is 0 Å². The summed E-state index contributed by atoms with van der Waals surface area (Å²) in [4.78, 5) is 0. The first-order valence-corrected chi connectivity index (χ1v) is 14.4. The molecule has 0 spiro atoms. The predicted octanol–water partition coefficient (Wildman–Crippen LogP) is -4.70. The van der Waals surface area contributed by atoms with E-state index in [1.807, 2.05) is 7.05 Å². The van der Waals surface area contributed by atoms with E-state index in [4.69, 9.17) is 56.8 Å². The SMILES string of the molecule is CNC(C)C1CCCCO1.CO[C@@H]1C(N)CC([NH-])CC1OC1CCC(CO)O1.NC[C@@H]1O[C@H](O)[C@H](N)C(O)[C@@H]1O.[Rb+]. The average Bonchev–Trinajstić information content (AvgIpc) is 3.42. The van der Waals surface area contributed by atoms with Crippen molar-refractivity contribution in [3.05, 3.63) is 5.73 Å². The summed E-state index contributed by atoms with van der Waals surface area (Å²) in [6.45, 7) is 3.19. The predicted molar refractivity (Wildman–Crippen MR) is 148 cm³/mol. The Morgan fingerprint density at radius 3 is 2.29 bits per heavy atom. The first-order valence-electron chi connectivity index (χ1n) is 14.4. The molecule has 4 fully saturated rings. The maximum Gasteiger partial charge on any atom is 1.00 e. The van der Waals surface area contributed by atoms with Crippen molar-refractivity contribution in [2.75, 3.05) is 33.9 Å². The van der Waals surface area contributed by atoms with Crippen LogP contribution in [0.5, 0.6) is 0 Å². The van der Waals surface area contributed by atoms with Crippen LogP contribution in [0.1, 0.15) is 51.9 Å². The summed E-state index contributed by atoms with van der Waals surface area (Å²) in [5.74, 6) is 0. The van der Waals surface area contributed by atoms with Gasteiger partial charge in [-0.3, -0.25) is 0 Å². The van der Waals surface area contributed by atoms with Crippen LogP contribution < -0.4 is 80.7 Å². The Balaban J connectivity index is 0.000000320. The van der Waals surface area contributed by atoms with Crippen LogP contribution in [0.3, 0.4) is 0 Å². The number of nitrogens with one attached hydrogen (secondary N) is 2. The molecule has 0 bridgehead atoms. The van der Waals surface area contributed by atoms with Gasteiger partial charge in [0.15, 0.2) is 12.6 Å². The molecule has 12 N–H and O–H groups in total. The number of aliphatic hydroxyl groups excluding tert-OH is 4. The number of ether oxygens (including phenoxy) is 5. The molecule has 0 radical (unpaired) electrons. The Hall–Kier alpha value is 1.25. The molecule has 3 heterocycles. The van der Waals surface area contributed by atoms with Gasteiger partial charge in [0.05, 0.1) is 37.1 Å². The van der Waals surface area contributed by atoms with E-state index in [0.717, 1.165) is 19.4 Å². The Labute approximate surface area is 293 Å². The van der Waals surface area contributed by atoms with Crippen LogP contribution in [0.2, 0.25) is 0 Å². The fourth-order valence-corrected chi connectivity index (χ4v) is 5.32. The molecular weight excluding hydrogens is 612 g/mol. The molecule has 8 unspecified atom stereocenters. The largest absolute Gasteiger partial charge is 1.00 e. The molecule has 13 atom stereocenters. The molecule has 0 aromatic carbocycles. The van der Waals surface area contributed by atoms with Gasteiger partial charge in [-0.05, 0) is 46.1 Å². The third-order valence-corrected chi connectivity index (χ3v) is 7.96.